The highest BCUT2D eigenvalue weighted by Gasteiger charge is 1.99. The molecule has 1 amide bonds. The number of rotatable bonds is 1. The molecule has 0 aliphatic heterocycles. The Kier molecular flexibility index (Phi) is 7.68. The average Bonchev–Trinajstić information content (AvgIpc) is 2.19. The van der Waals surface area contributed by atoms with Crippen molar-refractivity contribution >= 4 is 26.0 Å². The second kappa shape index (κ2) is 8.26. The van der Waals surface area contributed by atoms with Gasteiger partial charge in [-0.05, 0) is 24.6 Å². The van der Waals surface area contributed by atoms with Crippen molar-refractivity contribution in [2.75, 3.05) is 7.05 Å². The summed E-state index contributed by atoms with van der Waals surface area (Å²) in [5.74, 6) is 0.564. The van der Waals surface area contributed by atoms with E-state index in [0.717, 1.165) is 5.56 Å². The first kappa shape index (κ1) is 13.9. The Morgan fingerprint density at radius 2 is 2.13 bits per heavy atom. The van der Waals surface area contributed by atoms with E-state index in [1.54, 1.807) is 12.1 Å². The van der Waals surface area contributed by atoms with Gasteiger partial charge in [-0.25, -0.2) is 4.79 Å². The number of hydrogen-bond acceptors (Lipinski definition) is 3. The van der Waals surface area contributed by atoms with E-state index in [4.69, 9.17) is 9.30 Å². The number of carbonyl (C=O) groups is 1. The zero-order valence-electron chi connectivity index (χ0n) is 8.43. The minimum absolute atomic E-state index is 0.139. The molecule has 1 N–H and O–H groups in total. The Morgan fingerprint density at radius 3 is 2.60 bits per heavy atom. The summed E-state index contributed by atoms with van der Waals surface area (Å²) in [6.07, 6.45) is -0.444. The molecule has 1 rings (SSSR count). The molecule has 4 nitrogen and oxygen atoms in total. The van der Waals surface area contributed by atoms with Gasteiger partial charge < -0.3 is 10.1 Å². The molecule has 0 saturated heterocycles. The van der Waals surface area contributed by atoms with Crippen molar-refractivity contribution < 1.29 is 14.1 Å². The number of ether oxygens (including phenoxy) is 1. The van der Waals surface area contributed by atoms with Gasteiger partial charge in [-0.1, -0.05) is 24.4 Å². The SMILES string of the molecule is CNC(=O)Oc1cccc(C)c1.O=PS. The number of benzene rings is 1. The average molecular weight is 245 g/mol. The second-order valence-corrected chi connectivity index (χ2v) is 3.19. The smallest absolute Gasteiger partial charge is 0.410 e. The summed E-state index contributed by atoms with van der Waals surface area (Å²) < 4.78 is 13.7. The number of thiol groups is 1. The Hall–Kier alpha value is -1.06. The molecule has 0 heterocycles. The van der Waals surface area contributed by atoms with Gasteiger partial charge in [-0.15, -0.1) is 0 Å². The van der Waals surface area contributed by atoms with E-state index in [2.05, 4.69) is 17.6 Å². The van der Waals surface area contributed by atoms with Crippen LogP contribution in [0.5, 0.6) is 5.75 Å². The van der Waals surface area contributed by atoms with Crippen molar-refractivity contribution in [3.63, 3.8) is 0 Å². The van der Waals surface area contributed by atoms with Gasteiger partial charge in [0.15, 0.2) is 0 Å². The van der Waals surface area contributed by atoms with E-state index in [0.29, 0.717) is 5.75 Å². The molecule has 0 saturated carbocycles. The first-order valence-electron chi connectivity index (χ1n) is 4.07. The molecule has 15 heavy (non-hydrogen) atoms. The first-order chi connectivity index (χ1) is 7.13. The third-order valence-corrected chi connectivity index (χ3v) is 1.40. The molecule has 0 aromatic heterocycles. The highest BCUT2D eigenvalue weighted by Crippen LogP contribution is 2.11. The number of nitrogens with one attached hydrogen (secondary N) is 1. The van der Waals surface area contributed by atoms with Crippen LogP contribution in [0.3, 0.4) is 0 Å². The van der Waals surface area contributed by atoms with Crippen molar-refractivity contribution in [1.82, 2.24) is 5.32 Å². The van der Waals surface area contributed by atoms with Gasteiger partial charge in [0.05, 0.1) is 0 Å². The summed E-state index contributed by atoms with van der Waals surface area (Å²) in [5.41, 5.74) is 1.07. The van der Waals surface area contributed by atoms with Gasteiger partial charge in [-0.3, -0.25) is 4.57 Å². The van der Waals surface area contributed by atoms with Crippen LogP contribution in [0.2, 0.25) is 0 Å². The lowest BCUT2D eigenvalue weighted by molar-refractivity contribution is 0.203. The normalized spacial score (nSPS) is 8.73. The third-order valence-electron chi connectivity index (χ3n) is 1.40. The zero-order valence-corrected chi connectivity index (χ0v) is 10.2. The molecule has 0 aliphatic carbocycles. The van der Waals surface area contributed by atoms with Crippen molar-refractivity contribution in [2.45, 2.75) is 6.92 Å². The van der Waals surface area contributed by atoms with Crippen molar-refractivity contribution in [1.29, 1.82) is 0 Å². The largest absolute Gasteiger partial charge is 0.412 e. The fourth-order valence-corrected chi connectivity index (χ4v) is 0.837. The first-order valence-corrected chi connectivity index (χ1v) is 6.03. The van der Waals surface area contributed by atoms with E-state index >= 15 is 0 Å². The molecular formula is C9H12NO3PS. The van der Waals surface area contributed by atoms with Crippen LogP contribution in [0.25, 0.3) is 0 Å². The number of hydrogen-bond donors (Lipinski definition) is 2. The van der Waals surface area contributed by atoms with Crippen LogP contribution in [-0.4, -0.2) is 13.1 Å². The van der Waals surface area contributed by atoms with Crippen LogP contribution >= 0.6 is 19.9 Å². The van der Waals surface area contributed by atoms with Crippen LogP contribution < -0.4 is 10.1 Å². The summed E-state index contributed by atoms with van der Waals surface area (Å²) in [5, 5.41) is 2.37. The molecule has 0 bridgehead atoms. The minimum Gasteiger partial charge on any atom is -0.410 e. The molecule has 0 atom stereocenters. The maximum atomic E-state index is 10.8. The van der Waals surface area contributed by atoms with Crippen molar-refractivity contribution in [3.05, 3.63) is 29.8 Å². The molecule has 82 valence electrons. The number of amides is 1. The van der Waals surface area contributed by atoms with Crippen molar-refractivity contribution in [2.24, 2.45) is 0 Å². The summed E-state index contributed by atoms with van der Waals surface area (Å²) in [7, 11) is 1.39. The van der Waals surface area contributed by atoms with E-state index in [1.807, 2.05) is 19.1 Å². The predicted molar refractivity (Wildman–Crippen MR) is 62.9 cm³/mol. The lowest BCUT2D eigenvalue weighted by Crippen LogP contribution is -2.21. The molecule has 1 aromatic rings. The molecule has 0 spiro atoms. The van der Waals surface area contributed by atoms with Crippen molar-refractivity contribution in [3.8, 4) is 5.75 Å². The summed E-state index contributed by atoms with van der Waals surface area (Å²) in [6.45, 7) is 1.94. The van der Waals surface area contributed by atoms with Gasteiger partial charge >= 0.3 is 6.09 Å². The standard InChI is InChI=1S/C9H11NO2.HOPS/c1-7-4-3-5-8(6-7)12-9(11)10-2;1-2-3/h3-6H,1-2H3,(H,10,11);(H,1,3). The molecule has 0 unspecified atom stereocenters. The van der Waals surface area contributed by atoms with Gasteiger partial charge in [0.2, 0.25) is 7.66 Å². The lowest BCUT2D eigenvalue weighted by atomic mass is 10.2. The van der Waals surface area contributed by atoms with E-state index in [1.165, 1.54) is 7.05 Å². The number of aryl methyl sites for hydroxylation is 1. The molecule has 0 aliphatic rings. The topological polar surface area (TPSA) is 55.4 Å². The lowest BCUT2D eigenvalue weighted by Gasteiger charge is -2.02. The van der Waals surface area contributed by atoms with Crippen LogP contribution in [0.4, 0.5) is 4.79 Å². The van der Waals surface area contributed by atoms with Gasteiger partial charge in [0.1, 0.15) is 5.75 Å². The highest BCUT2D eigenvalue weighted by molar-refractivity contribution is 8.33. The number of carbonyl (C=O) groups excluding carboxylic acids is 1. The van der Waals surface area contributed by atoms with Crippen LogP contribution in [-0.2, 0) is 4.57 Å². The molecule has 1 aromatic carbocycles. The molecule has 0 fully saturated rings. The summed E-state index contributed by atoms with van der Waals surface area (Å²) >= 11 is 3.21. The maximum absolute atomic E-state index is 10.8. The highest BCUT2D eigenvalue weighted by atomic mass is 32.7. The summed E-state index contributed by atoms with van der Waals surface area (Å²) in [6, 6.07) is 7.32. The van der Waals surface area contributed by atoms with Gasteiger partial charge in [-0.2, -0.15) is 0 Å². The van der Waals surface area contributed by atoms with Gasteiger partial charge in [0, 0.05) is 7.05 Å². The minimum atomic E-state index is -0.444. The molecule has 6 heteroatoms. The Morgan fingerprint density at radius 1 is 1.53 bits per heavy atom. The van der Waals surface area contributed by atoms with E-state index in [-0.39, 0.29) is 7.66 Å². The van der Waals surface area contributed by atoms with Crippen LogP contribution in [0.15, 0.2) is 24.3 Å². The zero-order chi connectivity index (χ0) is 11.7. The Bertz CT molecular complexity index is 333. The monoisotopic (exact) mass is 245 g/mol. The van der Waals surface area contributed by atoms with Crippen LogP contribution in [0.1, 0.15) is 5.56 Å². The second-order valence-electron chi connectivity index (χ2n) is 2.54. The molecule has 0 radical (unpaired) electrons. The Labute approximate surface area is 95.4 Å². The summed E-state index contributed by atoms with van der Waals surface area (Å²) in [4.78, 5) is 10.8. The fourth-order valence-electron chi connectivity index (χ4n) is 0.837. The Balaban J connectivity index is 0.000000583. The quantitative estimate of drug-likeness (QED) is 0.591. The maximum Gasteiger partial charge on any atom is 0.412 e. The fraction of sp³-hybridized carbons (Fsp3) is 0.222. The third kappa shape index (κ3) is 6.94. The van der Waals surface area contributed by atoms with E-state index < -0.39 is 6.09 Å². The molecular weight excluding hydrogens is 233 g/mol. The van der Waals surface area contributed by atoms with E-state index in [9.17, 15) is 4.79 Å². The van der Waals surface area contributed by atoms with Crippen LogP contribution in [0, 0.1) is 6.92 Å². The van der Waals surface area contributed by atoms with Gasteiger partial charge in [0.25, 0.3) is 0 Å². The predicted octanol–water partition coefficient (Wildman–Crippen LogP) is 2.84.